The van der Waals surface area contributed by atoms with Crippen LogP contribution in [0, 0.1) is 27.7 Å². The van der Waals surface area contributed by atoms with Crippen LogP contribution in [-0.2, 0) is 5.41 Å². The van der Waals surface area contributed by atoms with E-state index in [1.54, 1.807) is 6.07 Å². The molecule has 45 heavy (non-hydrogen) atoms. The molecule has 0 fully saturated rings. The molecule has 232 valence electrons. The zero-order valence-corrected chi connectivity index (χ0v) is 27.7. The van der Waals surface area contributed by atoms with E-state index in [0.29, 0.717) is 35.4 Å². The van der Waals surface area contributed by atoms with E-state index in [0.717, 1.165) is 46.2 Å². The van der Waals surface area contributed by atoms with Gasteiger partial charge in [0.15, 0.2) is 17.5 Å². The monoisotopic (exact) mass is 599 g/mol. The first-order valence-electron chi connectivity index (χ1n) is 16.1. The Labute approximate surface area is 268 Å². The molecule has 0 aliphatic carbocycles. The number of rotatable bonds is 11. The summed E-state index contributed by atoms with van der Waals surface area (Å²) in [7, 11) is 0. The van der Waals surface area contributed by atoms with Crippen LogP contribution in [0.15, 0.2) is 78.9 Å². The van der Waals surface area contributed by atoms with E-state index in [-0.39, 0.29) is 5.75 Å². The van der Waals surface area contributed by atoms with Gasteiger partial charge in [-0.1, -0.05) is 118 Å². The molecule has 5 heteroatoms. The number of ether oxygens (including phenoxy) is 1. The quantitative estimate of drug-likeness (QED) is 0.153. The van der Waals surface area contributed by atoms with Gasteiger partial charge in [0.2, 0.25) is 0 Å². The first-order valence-corrected chi connectivity index (χ1v) is 16.1. The van der Waals surface area contributed by atoms with Gasteiger partial charge in [0.25, 0.3) is 0 Å². The van der Waals surface area contributed by atoms with Gasteiger partial charge in [-0.25, -0.2) is 15.0 Å². The van der Waals surface area contributed by atoms with Crippen LogP contribution in [-0.4, -0.2) is 26.7 Å². The zero-order chi connectivity index (χ0) is 32.1. The minimum atomic E-state index is -0.414. The predicted octanol–water partition coefficient (Wildman–Crippen LogP) is 10.1. The van der Waals surface area contributed by atoms with E-state index in [9.17, 15) is 5.11 Å². The average Bonchev–Trinajstić information content (AvgIpc) is 3.01. The van der Waals surface area contributed by atoms with Gasteiger partial charge >= 0.3 is 0 Å². The summed E-state index contributed by atoms with van der Waals surface area (Å²) < 4.78 is 6.39. The second-order valence-electron chi connectivity index (χ2n) is 12.7. The highest BCUT2D eigenvalue weighted by Gasteiger charge is 2.29. The van der Waals surface area contributed by atoms with Crippen LogP contribution in [0.25, 0.3) is 34.2 Å². The van der Waals surface area contributed by atoms with Gasteiger partial charge in [-0.05, 0) is 56.9 Å². The van der Waals surface area contributed by atoms with E-state index >= 15 is 0 Å². The molecule has 0 unspecified atom stereocenters. The van der Waals surface area contributed by atoms with Crippen molar-refractivity contribution < 1.29 is 9.84 Å². The van der Waals surface area contributed by atoms with Crippen molar-refractivity contribution in [1.29, 1.82) is 0 Å². The van der Waals surface area contributed by atoms with Crippen LogP contribution >= 0.6 is 0 Å². The van der Waals surface area contributed by atoms with Gasteiger partial charge in [0.05, 0.1) is 12.2 Å². The Morgan fingerprint density at radius 3 is 1.73 bits per heavy atom. The minimum absolute atomic E-state index is 0.0792. The highest BCUT2D eigenvalue weighted by atomic mass is 16.5. The van der Waals surface area contributed by atoms with Crippen LogP contribution < -0.4 is 4.74 Å². The topological polar surface area (TPSA) is 68.1 Å². The third-order valence-corrected chi connectivity index (χ3v) is 8.64. The first-order chi connectivity index (χ1) is 21.6. The minimum Gasteiger partial charge on any atom is -0.507 e. The van der Waals surface area contributed by atoms with Crippen molar-refractivity contribution in [2.75, 3.05) is 6.61 Å². The number of benzene rings is 4. The predicted molar refractivity (Wildman–Crippen MR) is 185 cm³/mol. The first kappa shape index (κ1) is 31.9. The molecule has 0 aliphatic heterocycles. The van der Waals surface area contributed by atoms with Gasteiger partial charge in [-0.3, -0.25) is 0 Å². The lowest BCUT2D eigenvalue weighted by Crippen LogP contribution is -2.20. The highest BCUT2D eigenvalue weighted by molar-refractivity contribution is 5.74. The van der Waals surface area contributed by atoms with Gasteiger partial charge < -0.3 is 9.84 Å². The van der Waals surface area contributed by atoms with Gasteiger partial charge in [-0.15, -0.1) is 0 Å². The van der Waals surface area contributed by atoms with Gasteiger partial charge in [0.1, 0.15) is 11.5 Å². The summed E-state index contributed by atoms with van der Waals surface area (Å²) in [5.41, 5.74) is 8.65. The standard InChI is InChI=1S/C40H45N3O2/c1-8-9-10-14-21-45-36-25-35(44)33(24-34(36)40(6,7)30-15-12-11-13-16-30)39-42-37(31-19-17-26(2)22-28(31)4)41-38(43-39)32-20-18-27(3)23-29(32)5/h11-13,15-20,22-25,44H,8-10,14,21H2,1-7H3. The van der Waals surface area contributed by atoms with Crippen molar-refractivity contribution in [2.45, 2.75) is 79.6 Å². The van der Waals surface area contributed by atoms with Crippen LogP contribution in [0.5, 0.6) is 11.5 Å². The molecule has 0 atom stereocenters. The Morgan fingerprint density at radius 1 is 0.644 bits per heavy atom. The maximum absolute atomic E-state index is 11.6. The van der Waals surface area contributed by atoms with E-state index in [1.165, 1.54) is 24.0 Å². The largest absolute Gasteiger partial charge is 0.507 e. The lowest BCUT2D eigenvalue weighted by atomic mass is 9.77. The van der Waals surface area contributed by atoms with E-state index in [2.05, 4.69) is 109 Å². The molecule has 0 aliphatic rings. The summed E-state index contributed by atoms with van der Waals surface area (Å²) in [6, 6.07) is 26.7. The fourth-order valence-corrected chi connectivity index (χ4v) is 5.94. The Bertz CT molecular complexity index is 1720. The van der Waals surface area contributed by atoms with Crippen molar-refractivity contribution in [3.63, 3.8) is 0 Å². The van der Waals surface area contributed by atoms with Crippen LogP contribution in [0.4, 0.5) is 0 Å². The molecular formula is C40H45N3O2. The van der Waals surface area contributed by atoms with Gasteiger partial charge in [0, 0.05) is 28.2 Å². The summed E-state index contributed by atoms with van der Waals surface area (Å²) in [5.74, 6) is 2.33. The molecule has 0 amide bonds. The summed E-state index contributed by atoms with van der Waals surface area (Å²) in [4.78, 5) is 15.0. The number of hydrogen-bond acceptors (Lipinski definition) is 5. The summed E-state index contributed by atoms with van der Waals surface area (Å²) in [5, 5.41) is 11.6. The number of aryl methyl sites for hydroxylation is 4. The number of nitrogens with zero attached hydrogens (tertiary/aromatic N) is 3. The molecule has 5 rings (SSSR count). The van der Waals surface area contributed by atoms with Crippen molar-refractivity contribution >= 4 is 0 Å². The van der Waals surface area contributed by atoms with Crippen LogP contribution in [0.2, 0.25) is 0 Å². The number of unbranched alkanes of at least 4 members (excludes halogenated alkanes) is 3. The molecule has 0 saturated heterocycles. The maximum Gasteiger partial charge on any atom is 0.167 e. The molecule has 5 aromatic rings. The Hall–Kier alpha value is -4.51. The normalized spacial score (nSPS) is 11.5. The molecule has 0 bridgehead atoms. The molecule has 1 heterocycles. The molecule has 0 spiro atoms. The Kier molecular flexibility index (Phi) is 9.67. The SMILES string of the molecule is CCCCCCOc1cc(O)c(-c2nc(-c3ccc(C)cc3C)nc(-c3ccc(C)cc3C)n2)cc1C(C)(C)c1ccccc1. The summed E-state index contributed by atoms with van der Waals surface area (Å²) >= 11 is 0. The molecule has 4 aromatic carbocycles. The molecule has 0 saturated carbocycles. The van der Waals surface area contributed by atoms with Gasteiger partial charge in [-0.2, -0.15) is 0 Å². The highest BCUT2D eigenvalue weighted by Crippen LogP contribution is 2.43. The number of phenols is 1. The lowest BCUT2D eigenvalue weighted by molar-refractivity contribution is 0.297. The zero-order valence-electron chi connectivity index (χ0n) is 27.7. The lowest BCUT2D eigenvalue weighted by Gasteiger charge is -2.29. The van der Waals surface area contributed by atoms with E-state index in [4.69, 9.17) is 19.7 Å². The van der Waals surface area contributed by atoms with E-state index in [1.807, 2.05) is 12.1 Å². The number of phenolic OH excluding ortho intramolecular Hbond substituents is 1. The summed E-state index contributed by atoms with van der Waals surface area (Å²) in [6.07, 6.45) is 4.43. The molecular weight excluding hydrogens is 554 g/mol. The van der Waals surface area contributed by atoms with Crippen molar-refractivity contribution in [2.24, 2.45) is 0 Å². The molecule has 1 N–H and O–H groups in total. The van der Waals surface area contributed by atoms with Crippen molar-refractivity contribution in [3.05, 3.63) is 112 Å². The van der Waals surface area contributed by atoms with E-state index < -0.39 is 5.41 Å². The second-order valence-corrected chi connectivity index (χ2v) is 12.7. The Morgan fingerprint density at radius 2 is 1.20 bits per heavy atom. The molecule has 5 nitrogen and oxygen atoms in total. The number of aromatic hydroxyl groups is 1. The smallest absolute Gasteiger partial charge is 0.167 e. The summed E-state index contributed by atoms with van der Waals surface area (Å²) in [6.45, 7) is 15.5. The fraction of sp³-hybridized carbons (Fsp3) is 0.325. The number of aromatic nitrogens is 3. The number of hydrogen-bond donors (Lipinski definition) is 1. The van der Waals surface area contributed by atoms with Crippen molar-refractivity contribution in [3.8, 4) is 45.7 Å². The molecule has 0 radical (unpaired) electrons. The van der Waals surface area contributed by atoms with Crippen molar-refractivity contribution in [1.82, 2.24) is 15.0 Å². The maximum atomic E-state index is 11.6. The fourth-order valence-electron chi connectivity index (χ4n) is 5.94. The average molecular weight is 600 g/mol. The third kappa shape index (κ3) is 7.09. The second kappa shape index (κ2) is 13.6. The molecule has 1 aromatic heterocycles. The third-order valence-electron chi connectivity index (χ3n) is 8.64. The Balaban J connectivity index is 1.71. The van der Waals surface area contributed by atoms with Crippen LogP contribution in [0.3, 0.4) is 0 Å². The van der Waals surface area contributed by atoms with Crippen LogP contribution in [0.1, 0.15) is 79.8 Å².